The Bertz CT molecular complexity index is 1700. The third-order valence-corrected chi connectivity index (χ3v) is 9.80. The second-order valence-corrected chi connectivity index (χ2v) is 13.6. The molecule has 0 aliphatic heterocycles. The van der Waals surface area contributed by atoms with Gasteiger partial charge in [0.05, 0.1) is 10.6 Å². The van der Waals surface area contributed by atoms with Crippen LogP contribution in [0.5, 0.6) is 0 Å². The van der Waals surface area contributed by atoms with E-state index >= 15 is 0 Å². The van der Waals surface area contributed by atoms with Gasteiger partial charge in [0.2, 0.25) is 11.8 Å². The van der Waals surface area contributed by atoms with Crippen molar-refractivity contribution in [1.29, 1.82) is 0 Å². The highest BCUT2D eigenvalue weighted by Crippen LogP contribution is 2.28. The van der Waals surface area contributed by atoms with Crippen molar-refractivity contribution in [2.45, 2.75) is 64.1 Å². The molecule has 45 heavy (non-hydrogen) atoms. The fraction of sp³-hybridized carbons (Fsp3) is 0.278. The van der Waals surface area contributed by atoms with Gasteiger partial charge in [0.15, 0.2) is 0 Å². The first-order valence-electron chi connectivity index (χ1n) is 15.0. The minimum absolute atomic E-state index is 0.0670. The Morgan fingerprint density at radius 3 is 2.07 bits per heavy atom. The van der Waals surface area contributed by atoms with E-state index in [1.165, 1.54) is 17.0 Å². The van der Waals surface area contributed by atoms with E-state index in [1.54, 1.807) is 48.5 Å². The molecule has 0 fully saturated rings. The van der Waals surface area contributed by atoms with Gasteiger partial charge in [-0.2, -0.15) is 0 Å². The highest BCUT2D eigenvalue weighted by molar-refractivity contribution is 7.92. The molecule has 0 radical (unpaired) electrons. The largest absolute Gasteiger partial charge is 0.352 e. The lowest BCUT2D eigenvalue weighted by Gasteiger charge is -2.34. The molecule has 0 unspecified atom stereocenters. The van der Waals surface area contributed by atoms with E-state index in [-0.39, 0.29) is 29.8 Å². The maximum atomic E-state index is 14.6. The van der Waals surface area contributed by atoms with Gasteiger partial charge in [-0.25, -0.2) is 8.42 Å². The van der Waals surface area contributed by atoms with Gasteiger partial charge < -0.3 is 10.2 Å². The SMILES string of the molecule is CC[C@@H](C)NC(=O)[C@@H](Cc1ccccc1)N(Cc1ccc(Cl)cc1)C(=O)CN(c1ccc(C)cc1C)S(=O)(=O)c1ccccc1. The number of rotatable bonds is 13. The van der Waals surface area contributed by atoms with Crippen molar-refractivity contribution in [3.05, 3.63) is 130 Å². The molecule has 0 spiro atoms. The molecule has 2 atom stereocenters. The minimum atomic E-state index is -4.16. The molecule has 0 aliphatic carbocycles. The quantitative estimate of drug-likeness (QED) is 0.175. The van der Waals surface area contributed by atoms with Crippen LogP contribution in [0, 0.1) is 13.8 Å². The molecule has 0 aliphatic rings. The number of halogens is 1. The van der Waals surface area contributed by atoms with E-state index in [0.29, 0.717) is 22.7 Å². The number of carbonyl (C=O) groups is 2. The minimum Gasteiger partial charge on any atom is -0.352 e. The van der Waals surface area contributed by atoms with Crippen LogP contribution in [0.2, 0.25) is 5.02 Å². The Hall–Kier alpha value is -4.14. The lowest BCUT2D eigenvalue weighted by Crippen LogP contribution is -2.54. The summed E-state index contributed by atoms with van der Waals surface area (Å²) in [4.78, 5) is 30.0. The van der Waals surface area contributed by atoms with Crippen LogP contribution in [-0.2, 0) is 32.6 Å². The summed E-state index contributed by atoms with van der Waals surface area (Å²) in [7, 11) is -4.16. The summed E-state index contributed by atoms with van der Waals surface area (Å²) in [6, 6.07) is 29.0. The Morgan fingerprint density at radius 2 is 1.47 bits per heavy atom. The van der Waals surface area contributed by atoms with E-state index in [1.807, 2.05) is 70.2 Å². The van der Waals surface area contributed by atoms with Crippen molar-refractivity contribution in [1.82, 2.24) is 10.2 Å². The molecule has 9 heteroatoms. The fourth-order valence-electron chi connectivity index (χ4n) is 5.10. The van der Waals surface area contributed by atoms with Gasteiger partial charge in [-0.15, -0.1) is 0 Å². The Morgan fingerprint density at radius 1 is 0.844 bits per heavy atom. The Balaban J connectivity index is 1.82. The zero-order chi connectivity index (χ0) is 32.6. The number of aryl methyl sites for hydroxylation is 2. The molecule has 236 valence electrons. The standard InChI is InChI=1S/C36H40ClN3O4S/c1-5-28(4)38-36(42)34(23-29-12-8-6-9-13-29)39(24-30-17-19-31(37)20-18-30)35(41)25-40(33-21-16-26(2)22-27(33)3)45(43,44)32-14-10-7-11-15-32/h6-22,28,34H,5,23-25H2,1-4H3,(H,38,42)/t28-,34-/m1/s1. The molecule has 0 saturated heterocycles. The first-order valence-corrected chi connectivity index (χ1v) is 16.8. The number of anilines is 1. The van der Waals surface area contributed by atoms with Gasteiger partial charge in [0, 0.05) is 24.0 Å². The van der Waals surface area contributed by atoms with Gasteiger partial charge in [0.1, 0.15) is 12.6 Å². The third-order valence-electron chi connectivity index (χ3n) is 7.77. The lowest BCUT2D eigenvalue weighted by atomic mass is 10.0. The molecule has 0 aromatic heterocycles. The first-order chi connectivity index (χ1) is 21.5. The fourth-order valence-corrected chi connectivity index (χ4v) is 6.73. The molecule has 7 nitrogen and oxygen atoms in total. The molecular weight excluding hydrogens is 606 g/mol. The highest BCUT2D eigenvalue weighted by Gasteiger charge is 2.35. The van der Waals surface area contributed by atoms with Crippen LogP contribution in [-0.4, -0.2) is 43.8 Å². The Labute approximate surface area is 271 Å². The number of amides is 2. The van der Waals surface area contributed by atoms with E-state index in [0.717, 1.165) is 21.0 Å². The van der Waals surface area contributed by atoms with Gasteiger partial charge in [-0.1, -0.05) is 96.9 Å². The number of benzene rings is 4. The second-order valence-electron chi connectivity index (χ2n) is 11.3. The van der Waals surface area contributed by atoms with Gasteiger partial charge in [-0.05, 0) is 74.2 Å². The van der Waals surface area contributed by atoms with Crippen molar-refractivity contribution in [3.63, 3.8) is 0 Å². The van der Waals surface area contributed by atoms with Crippen molar-refractivity contribution >= 4 is 39.1 Å². The molecule has 1 N–H and O–H groups in total. The van der Waals surface area contributed by atoms with Crippen LogP contribution >= 0.6 is 11.6 Å². The predicted octanol–water partition coefficient (Wildman–Crippen LogP) is 6.71. The number of hydrogen-bond acceptors (Lipinski definition) is 4. The van der Waals surface area contributed by atoms with Gasteiger partial charge >= 0.3 is 0 Å². The topological polar surface area (TPSA) is 86.8 Å². The summed E-state index contributed by atoms with van der Waals surface area (Å²) < 4.78 is 29.5. The van der Waals surface area contributed by atoms with Crippen LogP contribution in [0.3, 0.4) is 0 Å². The van der Waals surface area contributed by atoms with Crippen molar-refractivity contribution in [2.75, 3.05) is 10.8 Å². The van der Waals surface area contributed by atoms with E-state index in [9.17, 15) is 18.0 Å². The van der Waals surface area contributed by atoms with Crippen molar-refractivity contribution in [3.8, 4) is 0 Å². The van der Waals surface area contributed by atoms with Gasteiger partial charge in [-0.3, -0.25) is 13.9 Å². The lowest BCUT2D eigenvalue weighted by molar-refractivity contribution is -0.140. The van der Waals surface area contributed by atoms with Crippen molar-refractivity contribution < 1.29 is 18.0 Å². The van der Waals surface area contributed by atoms with Crippen LogP contribution in [0.25, 0.3) is 0 Å². The predicted molar refractivity (Wildman–Crippen MR) is 181 cm³/mol. The van der Waals surface area contributed by atoms with E-state index in [4.69, 9.17) is 11.6 Å². The zero-order valence-electron chi connectivity index (χ0n) is 26.1. The van der Waals surface area contributed by atoms with E-state index < -0.39 is 28.5 Å². The average Bonchev–Trinajstić information content (AvgIpc) is 3.03. The number of nitrogens with zero attached hydrogens (tertiary/aromatic N) is 2. The summed E-state index contributed by atoms with van der Waals surface area (Å²) in [6.45, 7) is 7.21. The maximum absolute atomic E-state index is 14.6. The van der Waals surface area contributed by atoms with E-state index in [2.05, 4.69) is 5.32 Å². The summed E-state index contributed by atoms with van der Waals surface area (Å²) >= 11 is 6.16. The third kappa shape index (κ3) is 8.74. The average molecular weight is 646 g/mol. The molecule has 0 saturated carbocycles. The molecule has 0 heterocycles. The number of hydrogen-bond donors (Lipinski definition) is 1. The summed E-state index contributed by atoms with van der Waals surface area (Å²) in [5.74, 6) is -0.816. The summed E-state index contributed by atoms with van der Waals surface area (Å²) in [5, 5.41) is 3.59. The number of sulfonamides is 1. The molecule has 2 amide bonds. The highest BCUT2D eigenvalue weighted by atomic mass is 35.5. The normalized spacial score (nSPS) is 12.6. The summed E-state index contributed by atoms with van der Waals surface area (Å²) in [5.41, 5.74) is 3.70. The molecular formula is C36H40ClN3O4S. The maximum Gasteiger partial charge on any atom is 0.264 e. The smallest absolute Gasteiger partial charge is 0.264 e. The van der Waals surface area contributed by atoms with Crippen LogP contribution in [0.1, 0.15) is 42.5 Å². The first kappa shape index (κ1) is 33.7. The molecule has 4 rings (SSSR count). The molecule has 0 bridgehead atoms. The molecule has 4 aromatic rings. The van der Waals surface area contributed by atoms with Crippen LogP contribution in [0.15, 0.2) is 108 Å². The van der Waals surface area contributed by atoms with Crippen LogP contribution < -0.4 is 9.62 Å². The zero-order valence-corrected chi connectivity index (χ0v) is 27.7. The number of carbonyl (C=O) groups excluding carboxylic acids is 2. The monoisotopic (exact) mass is 645 g/mol. The van der Waals surface area contributed by atoms with Crippen LogP contribution in [0.4, 0.5) is 5.69 Å². The van der Waals surface area contributed by atoms with Gasteiger partial charge in [0.25, 0.3) is 10.0 Å². The number of nitrogens with one attached hydrogen (secondary N) is 1. The Kier molecular flexibility index (Phi) is 11.4. The second kappa shape index (κ2) is 15.2. The summed E-state index contributed by atoms with van der Waals surface area (Å²) in [6.07, 6.45) is 0.960. The molecule has 4 aromatic carbocycles. The van der Waals surface area contributed by atoms with Crippen molar-refractivity contribution in [2.24, 2.45) is 0 Å².